The molecule has 0 saturated heterocycles. The minimum absolute atomic E-state index is 0.00650. The lowest BCUT2D eigenvalue weighted by atomic mass is 10.2. The molecule has 1 heterocycles. The Morgan fingerprint density at radius 1 is 1.37 bits per heavy atom. The molecular weight excluding hydrogens is 331 g/mol. The molecule has 0 aliphatic carbocycles. The highest BCUT2D eigenvalue weighted by molar-refractivity contribution is 7.93. The summed E-state index contributed by atoms with van der Waals surface area (Å²) in [5.74, 6) is 0. The van der Waals surface area contributed by atoms with Gasteiger partial charge >= 0.3 is 0 Å². The summed E-state index contributed by atoms with van der Waals surface area (Å²) in [6, 6.07) is 2.75. The first-order chi connectivity index (χ1) is 8.95. The molecule has 2 rings (SSSR count). The summed E-state index contributed by atoms with van der Waals surface area (Å²) in [7, 11) is -3.85. The summed E-state index contributed by atoms with van der Waals surface area (Å²) in [5.41, 5.74) is 7.28. The fourth-order valence-electron chi connectivity index (χ4n) is 1.36. The molecular formula is C9H8Cl2N4O2S2. The van der Waals surface area contributed by atoms with Crippen LogP contribution in [0.4, 0.5) is 5.13 Å². The Bertz CT molecular complexity index is 688. The minimum Gasteiger partial charge on any atom is -0.326 e. The number of nitrogens with zero attached hydrogens (tertiary/aromatic N) is 2. The Kier molecular flexibility index (Phi) is 4.26. The summed E-state index contributed by atoms with van der Waals surface area (Å²) in [6.45, 7) is 0.0415. The average Bonchev–Trinajstić information content (AvgIpc) is 2.81. The van der Waals surface area contributed by atoms with Crippen LogP contribution in [0, 0.1) is 0 Å². The van der Waals surface area contributed by atoms with Crippen molar-refractivity contribution in [2.45, 2.75) is 11.4 Å². The summed E-state index contributed by atoms with van der Waals surface area (Å²) in [4.78, 5) is -0.103. The molecule has 0 unspecified atom stereocenters. The number of nitrogens with one attached hydrogen (secondary N) is 1. The lowest BCUT2D eigenvalue weighted by Crippen LogP contribution is -2.14. The van der Waals surface area contributed by atoms with Crippen LogP contribution >= 0.6 is 34.5 Å². The summed E-state index contributed by atoms with van der Waals surface area (Å²) >= 11 is 13.0. The topological polar surface area (TPSA) is 98.0 Å². The monoisotopic (exact) mass is 338 g/mol. The van der Waals surface area contributed by atoms with Crippen LogP contribution in [0.2, 0.25) is 10.0 Å². The molecule has 1 aromatic carbocycles. The van der Waals surface area contributed by atoms with Crippen molar-refractivity contribution in [3.05, 3.63) is 33.3 Å². The van der Waals surface area contributed by atoms with E-state index in [4.69, 9.17) is 28.9 Å². The van der Waals surface area contributed by atoms with E-state index >= 15 is 0 Å². The van der Waals surface area contributed by atoms with Gasteiger partial charge in [0.05, 0.1) is 5.02 Å². The van der Waals surface area contributed by atoms with E-state index in [2.05, 4.69) is 14.9 Å². The molecule has 2 aromatic rings. The number of nitrogens with two attached hydrogens (primary N) is 1. The highest BCUT2D eigenvalue weighted by atomic mass is 35.5. The largest absolute Gasteiger partial charge is 0.326 e. The normalized spacial score (nSPS) is 11.5. The molecule has 0 amide bonds. The van der Waals surface area contributed by atoms with Crippen molar-refractivity contribution in [3.8, 4) is 0 Å². The van der Waals surface area contributed by atoms with Gasteiger partial charge in [0.15, 0.2) is 0 Å². The van der Waals surface area contributed by atoms with E-state index in [-0.39, 0.29) is 21.6 Å². The molecule has 0 radical (unpaired) electrons. The van der Waals surface area contributed by atoms with Gasteiger partial charge in [-0.05, 0) is 12.1 Å². The van der Waals surface area contributed by atoms with E-state index in [0.29, 0.717) is 10.6 Å². The Labute approximate surface area is 123 Å². The summed E-state index contributed by atoms with van der Waals surface area (Å²) in [5, 5.41) is 7.62. The zero-order chi connectivity index (χ0) is 14.0. The maximum Gasteiger partial charge on any atom is 0.265 e. The third kappa shape index (κ3) is 2.98. The number of aromatic nitrogens is 2. The van der Waals surface area contributed by atoms with Crippen LogP contribution in [0.5, 0.6) is 0 Å². The second-order valence-corrected chi connectivity index (χ2v) is 6.66. The molecule has 6 nitrogen and oxygen atoms in total. The van der Waals surface area contributed by atoms with Crippen LogP contribution in [-0.4, -0.2) is 18.6 Å². The highest BCUT2D eigenvalue weighted by Crippen LogP contribution is 2.31. The first-order valence-electron chi connectivity index (χ1n) is 4.91. The number of hydrogen-bond acceptors (Lipinski definition) is 6. The number of hydrogen-bond donors (Lipinski definition) is 2. The van der Waals surface area contributed by atoms with Crippen molar-refractivity contribution in [2.24, 2.45) is 5.73 Å². The number of sulfonamides is 1. The molecule has 0 bridgehead atoms. The standard InChI is InChI=1S/C9H8Cl2N4O2S2/c10-6-1-2-7(8(11)5(6)3-12)19(16,17)15-9-14-13-4-18-9/h1-2,4H,3,12H2,(H,14,15). The number of halogens is 2. The fraction of sp³-hybridized carbons (Fsp3) is 0.111. The molecule has 1 aromatic heterocycles. The maximum atomic E-state index is 12.2. The van der Waals surface area contributed by atoms with Crippen molar-refractivity contribution < 1.29 is 8.42 Å². The molecule has 0 saturated carbocycles. The molecule has 19 heavy (non-hydrogen) atoms. The highest BCUT2D eigenvalue weighted by Gasteiger charge is 2.22. The Balaban J connectivity index is 2.47. The van der Waals surface area contributed by atoms with Gasteiger partial charge in [-0.2, -0.15) is 0 Å². The van der Waals surface area contributed by atoms with Crippen molar-refractivity contribution in [3.63, 3.8) is 0 Å². The molecule has 102 valence electrons. The number of anilines is 1. The molecule has 0 fully saturated rings. The van der Waals surface area contributed by atoms with Gasteiger partial charge in [-0.15, -0.1) is 10.2 Å². The van der Waals surface area contributed by atoms with Crippen LogP contribution in [0.1, 0.15) is 5.56 Å². The molecule has 10 heteroatoms. The summed E-state index contributed by atoms with van der Waals surface area (Å²) < 4.78 is 26.6. The third-order valence-corrected chi connectivity index (χ3v) is 5.24. The molecule has 0 spiro atoms. The van der Waals surface area contributed by atoms with Gasteiger partial charge in [0.2, 0.25) is 5.13 Å². The van der Waals surface area contributed by atoms with Gasteiger partial charge in [-0.3, -0.25) is 4.72 Å². The number of rotatable bonds is 4. The van der Waals surface area contributed by atoms with Gasteiger partial charge in [0.25, 0.3) is 10.0 Å². The molecule has 0 aliphatic heterocycles. The SMILES string of the molecule is NCc1c(Cl)ccc(S(=O)(=O)Nc2nncs2)c1Cl. The van der Waals surface area contributed by atoms with Crippen LogP contribution < -0.4 is 10.5 Å². The van der Waals surface area contributed by atoms with Crippen LogP contribution in [-0.2, 0) is 16.6 Å². The first-order valence-corrected chi connectivity index (χ1v) is 8.03. The second-order valence-electron chi connectivity index (χ2n) is 3.39. The van der Waals surface area contributed by atoms with Crippen LogP contribution in [0.25, 0.3) is 0 Å². The predicted molar refractivity (Wildman–Crippen MR) is 75.1 cm³/mol. The Morgan fingerprint density at radius 2 is 2.11 bits per heavy atom. The molecule has 0 aliphatic rings. The lowest BCUT2D eigenvalue weighted by molar-refractivity contribution is 0.601. The maximum absolute atomic E-state index is 12.2. The van der Waals surface area contributed by atoms with E-state index in [1.807, 2.05) is 0 Å². The summed E-state index contributed by atoms with van der Waals surface area (Å²) in [6.07, 6.45) is 0. The van der Waals surface area contributed by atoms with Gasteiger partial charge in [0, 0.05) is 17.1 Å². The first kappa shape index (κ1) is 14.5. The van der Waals surface area contributed by atoms with Crippen LogP contribution in [0.15, 0.2) is 22.5 Å². The predicted octanol–water partition coefficient (Wildman–Crippen LogP) is 2.10. The van der Waals surface area contributed by atoms with E-state index in [1.54, 1.807) is 0 Å². The van der Waals surface area contributed by atoms with E-state index in [1.165, 1.54) is 17.6 Å². The lowest BCUT2D eigenvalue weighted by Gasteiger charge is -2.10. The Hall–Kier alpha value is -0.930. The number of benzene rings is 1. The molecule has 3 N–H and O–H groups in total. The van der Waals surface area contributed by atoms with Crippen molar-refractivity contribution in [1.29, 1.82) is 0 Å². The quantitative estimate of drug-likeness (QED) is 0.889. The minimum atomic E-state index is -3.85. The third-order valence-electron chi connectivity index (χ3n) is 2.23. The van der Waals surface area contributed by atoms with E-state index in [9.17, 15) is 8.42 Å². The Morgan fingerprint density at radius 3 is 2.68 bits per heavy atom. The molecule has 0 atom stereocenters. The zero-order valence-corrected chi connectivity index (χ0v) is 12.4. The smallest absolute Gasteiger partial charge is 0.265 e. The van der Waals surface area contributed by atoms with Crippen molar-refractivity contribution >= 4 is 49.7 Å². The fourth-order valence-corrected chi connectivity index (χ4v) is 3.98. The van der Waals surface area contributed by atoms with Crippen molar-refractivity contribution in [1.82, 2.24) is 10.2 Å². The van der Waals surface area contributed by atoms with Gasteiger partial charge in [0.1, 0.15) is 10.4 Å². The van der Waals surface area contributed by atoms with E-state index in [0.717, 1.165) is 11.3 Å². The average molecular weight is 339 g/mol. The van der Waals surface area contributed by atoms with Gasteiger partial charge in [-0.25, -0.2) is 8.42 Å². The van der Waals surface area contributed by atoms with E-state index < -0.39 is 10.0 Å². The van der Waals surface area contributed by atoms with Gasteiger partial charge in [-0.1, -0.05) is 34.5 Å². The van der Waals surface area contributed by atoms with Gasteiger partial charge < -0.3 is 5.73 Å². The van der Waals surface area contributed by atoms with Crippen LogP contribution in [0.3, 0.4) is 0 Å². The second kappa shape index (κ2) is 5.59. The van der Waals surface area contributed by atoms with Crippen molar-refractivity contribution in [2.75, 3.05) is 4.72 Å². The zero-order valence-electron chi connectivity index (χ0n) is 9.30.